The highest BCUT2D eigenvalue weighted by Gasteiger charge is 2.33. The van der Waals surface area contributed by atoms with Gasteiger partial charge in [0.05, 0.1) is 5.41 Å². The molecule has 18 heavy (non-hydrogen) atoms. The molecule has 0 spiro atoms. The highest BCUT2D eigenvalue weighted by atomic mass is 16.5. The highest BCUT2D eigenvalue weighted by Crippen LogP contribution is 2.33. The lowest BCUT2D eigenvalue weighted by molar-refractivity contribution is -0.129. The van der Waals surface area contributed by atoms with Gasteiger partial charge in [0, 0.05) is 26.3 Å². The van der Waals surface area contributed by atoms with E-state index >= 15 is 0 Å². The first-order chi connectivity index (χ1) is 8.29. The van der Waals surface area contributed by atoms with Crippen LogP contribution in [0.4, 0.5) is 0 Å². The Kier molecular flexibility index (Phi) is 5.17. The van der Waals surface area contributed by atoms with Crippen molar-refractivity contribution in [2.75, 3.05) is 26.3 Å². The van der Waals surface area contributed by atoms with Gasteiger partial charge in [0.1, 0.15) is 0 Å². The van der Waals surface area contributed by atoms with E-state index in [1.807, 2.05) is 13.8 Å². The SMILES string of the molecule is CC(C)(CN)C(=O)NCC(C)(C)C1CCOCC1. The van der Waals surface area contributed by atoms with Crippen LogP contribution in [0.5, 0.6) is 0 Å². The summed E-state index contributed by atoms with van der Waals surface area (Å²) in [5.41, 5.74) is 5.25. The topological polar surface area (TPSA) is 64.4 Å². The molecule has 1 rings (SSSR count). The lowest BCUT2D eigenvalue weighted by Gasteiger charge is -2.37. The van der Waals surface area contributed by atoms with Gasteiger partial charge < -0.3 is 15.8 Å². The van der Waals surface area contributed by atoms with Crippen LogP contribution in [0.25, 0.3) is 0 Å². The molecule has 4 nitrogen and oxygen atoms in total. The first-order valence-corrected chi connectivity index (χ1v) is 6.86. The minimum atomic E-state index is -0.480. The number of amides is 1. The van der Waals surface area contributed by atoms with Crippen LogP contribution >= 0.6 is 0 Å². The van der Waals surface area contributed by atoms with Crippen LogP contribution in [0.2, 0.25) is 0 Å². The average Bonchev–Trinajstić information content (AvgIpc) is 2.37. The molecule has 0 saturated carbocycles. The van der Waals surface area contributed by atoms with Gasteiger partial charge in [-0.15, -0.1) is 0 Å². The van der Waals surface area contributed by atoms with Crippen LogP contribution in [0.3, 0.4) is 0 Å². The summed E-state index contributed by atoms with van der Waals surface area (Å²) in [4.78, 5) is 12.0. The minimum absolute atomic E-state index is 0.0464. The molecule has 4 heteroatoms. The van der Waals surface area contributed by atoms with E-state index in [-0.39, 0.29) is 11.3 Å². The molecule has 0 aromatic rings. The van der Waals surface area contributed by atoms with E-state index in [0.717, 1.165) is 26.1 Å². The van der Waals surface area contributed by atoms with Crippen molar-refractivity contribution in [1.29, 1.82) is 0 Å². The van der Waals surface area contributed by atoms with Gasteiger partial charge in [-0.2, -0.15) is 0 Å². The summed E-state index contributed by atoms with van der Waals surface area (Å²) in [7, 11) is 0. The Bertz CT molecular complexity index is 282. The summed E-state index contributed by atoms with van der Waals surface area (Å²) in [5.74, 6) is 0.665. The lowest BCUT2D eigenvalue weighted by atomic mass is 9.74. The molecule has 1 amide bonds. The van der Waals surface area contributed by atoms with Gasteiger partial charge >= 0.3 is 0 Å². The molecule has 0 bridgehead atoms. The molecule has 3 N–H and O–H groups in total. The Labute approximate surface area is 111 Å². The largest absolute Gasteiger partial charge is 0.381 e. The first kappa shape index (κ1) is 15.4. The monoisotopic (exact) mass is 256 g/mol. The van der Waals surface area contributed by atoms with E-state index in [0.29, 0.717) is 19.0 Å². The van der Waals surface area contributed by atoms with Crippen LogP contribution in [0.1, 0.15) is 40.5 Å². The molecule has 0 aliphatic carbocycles. The highest BCUT2D eigenvalue weighted by molar-refractivity contribution is 5.82. The standard InChI is InChI=1S/C14H28N2O2/c1-13(2,9-15)12(17)16-10-14(3,4)11-5-7-18-8-6-11/h11H,5-10,15H2,1-4H3,(H,16,17). The van der Waals surface area contributed by atoms with Crippen molar-refractivity contribution in [3.05, 3.63) is 0 Å². The van der Waals surface area contributed by atoms with Crippen LogP contribution in [0.15, 0.2) is 0 Å². The Balaban J connectivity index is 2.48. The average molecular weight is 256 g/mol. The van der Waals surface area contributed by atoms with Gasteiger partial charge in [-0.25, -0.2) is 0 Å². The zero-order valence-corrected chi connectivity index (χ0v) is 12.2. The smallest absolute Gasteiger partial charge is 0.226 e. The zero-order valence-electron chi connectivity index (χ0n) is 12.2. The van der Waals surface area contributed by atoms with Gasteiger partial charge in [-0.1, -0.05) is 13.8 Å². The molecular formula is C14H28N2O2. The number of rotatable bonds is 5. The fourth-order valence-corrected chi connectivity index (χ4v) is 2.26. The molecule has 106 valence electrons. The van der Waals surface area contributed by atoms with Gasteiger partial charge in [0.15, 0.2) is 0 Å². The third-order valence-electron chi connectivity index (χ3n) is 4.16. The van der Waals surface area contributed by atoms with Crippen LogP contribution in [-0.4, -0.2) is 32.2 Å². The fourth-order valence-electron chi connectivity index (χ4n) is 2.26. The van der Waals surface area contributed by atoms with Crippen molar-refractivity contribution in [3.63, 3.8) is 0 Å². The summed E-state index contributed by atoms with van der Waals surface area (Å²) < 4.78 is 5.39. The van der Waals surface area contributed by atoms with Crippen LogP contribution in [0, 0.1) is 16.7 Å². The maximum absolute atomic E-state index is 12.0. The fraction of sp³-hybridized carbons (Fsp3) is 0.929. The van der Waals surface area contributed by atoms with E-state index < -0.39 is 5.41 Å². The quantitative estimate of drug-likeness (QED) is 0.784. The molecule has 0 radical (unpaired) electrons. The Hall–Kier alpha value is -0.610. The third kappa shape index (κ3) is 3.95. The predicted molar refractivity (Wildman–Crippen MR) is 73.2 cm³/mol. The second-order valence-electron chi connectivity index (χ2n) is 6.65. The van der Waals surface area contributed by atoms with Crippen molar-refractivity contribution >= 4 is 5.91 Å². The predicted octanol–water partition coefficient (Wildman–Crippen LogP) is 1.54. The molecule has 0 aromatic heterocycles. The Morgan fingerprint density at radius 3 is 2.33 bits per heavy atom. The molecule has 0 atom stereocenters. The van der Waals surface area contributed by atoms with Crippen LogP contribution in [-0.2, 0) is 9.53 Å². The maximum atomic E-state index is 12.0. The molecule has 0 unspecified atom stereocenters. The normalized spacial score (nSPS) is 18.7. The van der Waals surface area contributed by atoms with Gasteiger partial charge in [0.2, 0.25) is 5.91 Å². The van der Waals surface area contributed by atoms with Gasteiger partial charge in [0.25, 0.3) is 0 Å². The maximum Gasteiger partial charge on any atom is 0.226 e. The van der Waals surface area contributed by atoms with Crippen molar-refractivity contribution < 1.29 is 9.53 Å². The van der Waals surface area contributed by atoms with Crippen molar-refractivity contribution in [2.24, 2.45) is 22.5 Å². The number of nitrogens with two attached hydrogens (primary N) is 1. The molecule has 1 fully saturated rings. The molecular weight excluding hydrogens is 228 g/mol. The lowest BCUT2D eigenvalue weighted by Crippen LogP contribution is -2.47. The summed E-state index contributed by atoms with van der Waals surface area (Å²) in [5, 5.41) is 3.05. The number of nitrogens with one attached hydrogen (secondary N) is 1. The number of carbonyl (C=O) groups is 1. The number of ether oxygens (including phenoxy) is 1. The van der Waals surface area contributed by atoms with E-state index in [2.05, 4.69) is 19.2 Å². The Morgan fingerprint density at radius 1 is 1.28 bits per heavy atom. The summed E-state index contributed by atoms with van der Waals surface area (Å²) >= 11 is 0. The number of hydrogen-bond donors (Lipinski definition) is 2. The molecule has 1 aliphatic heterocycles. The van der Waals surface area contributed by atoms with Crippen molar-refractivity contribution in [1.82, 2.24) is 5.32 Å². The van der Waals surface area contributed by atoms with E-state index in [1.165, 1.54) is 0 Å². The summed E-state index contributed by atoms with van der Waals surface area (Å²) in [6, 6.07) is 0. The van der Waals surface area contributed by atoms with Gasteiger partial charge in [-0.05, 0) is 38.0 Å². The number of carbonyl (C=O) groups excluding carboxylic acids is 1. The molecule has 1 saturated heterocycles. The van der Waals surface area contributed by atoms with Gasteiger partial charge in [-0.3, -0.25) is 4.79 Å². The molecule has 1 heterocycles. The molecule has 0 aromatic carbocycles. The first-order valence-electron chi connectivity index (χ1n) is 6.86. The Morgan fingerprint density at radius 2 is 1.83 bits per heavy atom. The summed E-state index contributed by atoms with van der Waals surface area (Å²) in [6.45, 7) is 11.0. The molecule has 1 aliphatic rings. The van der Waals surface area contributed by atoms with E-state index in [9.17, 15) is 4.79 Å². The van der Waals surface area contributed by atoms with Crippen molar-refractivity contribution in [2.45, 2.75) is 40.5 Å². The summed E-state index contributed by atoms with van der Waals surface area (Å²) in [6.07, 6.45) is 2.17. The van der Waals surface area contributed by atoms with Crippen LogP contribution < -0.4 is 11.1 Å². The minimum Gasteiger partial charge on any atom is -0.381 e. The second-order valence-corrected chi connectivity index (χ2v) is 6.65. The second kappa shape index (κ2) is 6.02. The van der Waals surface area contributed by atoms with E-state index in [1.54, 1.807) is 0 Å². The number of hydrogen-bond acceptors (Lipinski definition) is 3. The van der Waals surface area contributed by atoms with E-state index in [4.69, 9.17) is 10.5 Å². The van der Waals surface area contributed by atoms with Crippen molar-refractivity contribution in [3.8, 4) is 0 Å². The third-order valence-corrected chi connectivity index (χ3v) is 4.16. The zero-order chi connectivity index (χ0) is 13.8.